The summed E-state index contributed by atoms with van der Waals surface area (Å²) in [4.78, 5) is 12.2. The third-order valence-corrected chi connectivity index (χ3v) is 7.71. The van der Waals surface area contributed by atoms with Crippen LogP contribution < -0.4 is 4.90 Å². The van der Waals surface area contributed by atoms with Crippen LogP contribution in [-0.4, -0.2) is 50.8 Å². The fourth-order valence-corrected chi connectivity index (χ4v) is 6.20. The second kappa shape index (κ2) is 8.19. The molecule has 1 aliphatic rings. The summed E-state index contributed by atoms with van der Waals surface area (Å²) in [6.07, 6.45) is 0.753. The topological polar surface area (TPSA) is 56.9 Å². The maximum atomic E-state index is 11.0. The monoisotopic (exact) mass is 459 g/mol. The van der Waals surface area contributed by atoms with Crippen LogP contribution in [0.1, 0.15) is 28.5 Å². The molecule has 3 aromatic heterocycles. The minimum absolute atomic E-state index is 0.00471. The SMILES string of the molecule is CCc1nc2sc([C@H](c3cccs3)N3CCN(c4cccc(Cl)c4)CC3)c(O)n2n1. The van der Waals surface area contributed by atoms with Gasteiger partial charge in [-0.15, -0.1) is 16.4 Å². The van der Waals surface area contributed by atoms with Crippen LogP contribution in [0.15, 0.2) is 41.8 Å². The second-order valence-electron chi connectivity index (χ2n) is 7.29. The number of aromatic hydroxyl groups is 1. The van der Waals surface area contributed by atoms with Crippen LogP contribution >= 0.6 is 34.3 Å². The summed E-state index contributed by atoms with van der Waals surface area (Å²) in [7, 11) is 0. The zero-order valence-corrected chi connectivity index (χ0v) is 18.9. The van der Waals surface area contributed by atoms with Crippen LogP contribution in [0.3, 0.4) is 0 Å². The molecule has 1 aromatic carbocycles. The molecular formula is C21H22ClN5OS2. The second-order valence-corrected chi connectivity index (χ2v) is 9.71. The van der Waals surface area contributed by atoms with Gasteiger partial charge in [0.25, 0.3) is 0 Å². The van der Waals surface area contributed by atoms with Crippen molar-refractivity contribution in [2.75, 3.05) is 31.1 Å². The highest BCUT2D eigenvalue weighted by molar-refractivity contribution is 7.17. The Labute approximate surface area is 188 Å². The van der Waals surface area contributed by atoms with E-state index in [1.807, 2.05) is 25.1 Å². The maximum Gasteiger partial charge on any atom is 0.230 e. The van der Waals surface area contributed by atoms with E-state index in [9.17, 15) is 5.11 Å². The molecule has 1 fully saturated rings. The number of rotatable bonds is 5. The lowest BCUT2D eigenvalue weighted by Crippen LogP contribution is -2.47. The summed E-state index contributed by atoms with van der Waals surface area (Å²) in [6, 6.07) is 12.2. The number of halogens is 1. The number of anilines is 1. The van der Waals surface area contributed by atoms with E-state index in [0.29, 0.717) is 0 Å². The minimum atomic E-state index is 0.00471. The third kappa shape index (κ3) is 3.58. The van der Waals surface area contributed by atoms with Gasteiger partial charge in [0.1, 0.15) is 0 Å². The van der Waals surface area contributed by atoms with Gasteiger partial charge in [-0.25, -0.2) is 4.98 Å². The number of thiophene rings is 1. The number of hydrogen-bond acceptors (Lipinski definition) is 7. The van der Waals surface area contributed by atoms with Crippen LogP contribution in [-0.2, 0) is 6.42 Å². The number of aryl methyl sites for hydroxylation is 1. The molecule has 1 aliphatic heterocycles. The van der Waals surface area contributed by atoms with Gasteiger partial charge < -0.3 is 10.0 Å². The number of thiazole rings is 1. The molecule has 1 saturated heterocycles. The fourth-order valence-electron chi connectivity index (χ4n) is 3.95. The van der Waals surface area contributed by atoms with Crippen molar-refractivity contribution in [1.82, 2.24) is 19.5 Å². The van der Waals surface area contributed by atoms with Gasteiger partial charge in [-0.05, 0) is 29.6 Å². The molecule has 0 saturated carbocycles. The highest BCUT2D eigenvalue weighted by atomic mass is 35.5. The number of nitrogens with zero attached hydrogens (tertiary/aromatic N) is 5. The molecule has 156 valence electrons. The van der Waals surface area contributed by atoms with Crippen LogP contribution in [0, 0.1) is 0 Å². The molecular weight excluding hydrogens is 438 g/mol. The zero-order chi connectivity index (χ0) is 20.7. The highest BCUT2D eigenvalue weighted by Gasteiger charge is 2.32. The summed E-state index contributed by atoms with van der Waals surface area (Å²) < 4.78 is 1.58. The normalized spacial score (nSPS) is 16.4. The summed E-state index contributed by atoms with van der Waals surface area (Å²) >= 11 is 9.43. The van der Waals surface area contributed by atoms with Gasteiger partial charge in [0.2, 0.25) is 10.8 Å². The van der Waals surface area contributed by atoms with Gasteiger partial charge in [-0.3, -0.25) is 4.90 Å². The van der Waals surface area contributed by atoms with Crippen molar-refractivity contribution in [3.05, 3.63) is 62.4 Å². The van der Waals surface area contributed by atoms with Gasteiger partial charge in [0, 0.05) is 48.2 Å². The molecule has 6 nitrogen and oxygen atoms in total. The van der Waals surface area contributed by atoms with Crippen molar-refractivity contribution >= 4 is 44.9 Å². The summed E-state index contributed by atoms with van der Waals surface area (Å²) in [5.41, 5.74) is 1.16. The van der Waals surface area contributed by atoms with Crippen molar-refractivity contribution in [1.29, 1.82) is 0 Å². The lowest BCUT2D eigenvalue weighted by Gasteiger charge is -2.39. The van der Waals surface area contributed by atoms with Crippen LogP contribution in [0.25, 0.3) is 4.96 Å². The van der Waals surface area contributed by atoms with Gasteiger partial charge >= 0.3 is 0 Å². The van der Waals surface area contributed by atoms with E-state index < -0.39 is 0 Å². The Balaban J connectivity index is 1.44. The van der Waals surface area contributed by atoms with E-state index in [4.69, 9.17) is 11.6 Å². The Morgan fingerprint density at radius 3 is 2.67 bits per heavy atom. The standard InChI is InChI=1S/C21H22ClN5OS2/c1-2-17-23-21-27(24-17)20(28)19(30-21)18(16-7-4-12-29-16)26-10-8-25(9-11-26)15-6-3-5-14(22)13-15/h3-7,12-13,18,28H,2,8-11H2,1H3/t18-/m0/s1. The van der Waals surface area contributed by atoms with Gasteiger partial charge in [-0.1, -0.05) is 42.0 Å². The number of piperazine rings is 1. The average Bonchev–Trinajstić information content (AvgIpc) is 3.48. The van der Waals surface area contributed by atoms with Crippen LogP contribution in [0.5, 0.6) is 5.88 Å². The first kappa shape index (κ1) is 19.8. The number of fused-ring (bicyclic) bond motifs is 1. The Hall–Kier alpha value is -2.13. The van der Waals surface area contributed by atoms with Crippen molar-refractivity contribution < 1.29 is 5.11 Å². The molecule has 5 rings (SSSR count). The first-order valence-electron chi connectivity index (χ1n) is 9.99. The first-order valence-corrected chi connectivity index (χ1v) is 12.1. The quantitative estimate of drug-likeness (QED) is 0.469. The fraction of sp³-hybridized carbons (Fsp3) is 0.333. The molecule has 0 amide bonds. The maximum absolute atomic E-state index is 11.0. The molecule has 0 aliphatic carbocycles. The van der Waals surface area contributed by atoms with Gasteiger partial charge in [0.15, 0.2) is 5.82 Å². The van der Waals surface area contributed by atoms with Gasteiger partial charge in [0.05, 0.1) is 10.9 Å². The van der Waals surface area contributed by atoms with E-state index in [1.54, 1.807) is 15.9 Å². The predicted molar refractivity (Wildman–Crippen MR) is 123 cm³/mol. The van der Waals surface area contributed by atoms with Crippen LogP contribution in [0.4, 0.5) is 5.69 Å². The van der Waals surface area contributed by atoms with Crippen LogP contribution in [0.2, 0.25) is 5.02 Å². The lowest BCUT2D eigenvalue weighted by molar-refractivity contribution is 0.213. The van der Waals surface area contributed by atoms with E-state index >= 15 is 0 Å². The Bertz CT molecular complexity index is 1150. The minimum Gasteiger partial charge on any atom is -0.492 e. The van der Waals surface area contributed by atoms with Crippen molar-refractivity contribution in [2.24, 2.45) is 0 Å². The lowest BCUT2D eigenvalue weighted by atomic mass is 10.1. The molecule has 4 heterocycles. The van der Waals surface area contributed by atoms with Crippen molar-refractivity contribution in [3.8, 4) is 5.88 Å². The molecule has 0 spiro atoms. The summed E-state index contributed by atoms with van der Waals surface area (Å²) in [5, 5.41) is 18.3. The Morgan fingerprint density at radius 2 is 2.00 bits per heavy atom. The summed E-state index contributed by atoms with van der Waals surface area (Å²) in [6.45, 7) is 5.61. The van der Waals surface area contributed by atoms with Crippen molar-refractivity contribution in [3.63, 3.8) is 0 Å². The molecule has 9 heteroatoms. The van der Waals surface area contributed by atoms with Crippen molar-refractivity contribution in [2.45, 2.75) is 19.4 Å². The first-order chi connectivity index (χ1) is 14.6. The van der Waals surface area contributed by atoms with E-state index in [2.05, 4.69) is 43.5 Å². The smallest absolute Gasteiger partial charge is 0.230 e. The highest BCUT2D eigenvalue weighted by Crippen LogP contribution is 2.41. The molecule has 1 atom stereocenters. The Kier molecular flexibility index (Phi) is 5.41. The van der Waals surface area contributed by atoms with E-state index in [1.165, 1.54) is 16.2 Å². The average molecular weight is 460 g/mol. The largest absolute Gasteiger partial charge is 0.492 e. The summed E-state index contributed by atoms with van der Waals surface area (Å²) in [5.74, 6) is 0.962. The molecule has 0 unspecified atom stereocenters. The number of benzene rings is 1. The predicted octanol–water partition coefficient (Wildman–Crippen LogP) is 4.69. The molecule has 30 heavy (non-hydrogen) atoms. The van der Waals surface area contributed by atoms with Gasteiger partial charge in [-0.2, -0.15) is 4.52 Å². The third-order valence-electron chi connectivity index (χ3n) is 5.47. The van der Waals surface area contributed by atoms with E-state index in [-0.39, 0.29) is 11.9 Å². The molecule has 0 radical (unpaired) electrons. The zero-order valence-electron chi connectivity index (χ0n) is 16.5. The number of hydrogen-bond donors (Lipinski definition) is 1. The Morgan fingerprint density at radius 1 is 1.17 bits per heavy atom. The molecule has 0 bridgehead atoms. The molecule has 1 N–H and O–H groups in total. The van der Waals surface area contributed by atoms with E-state index in [0.717, 1.165) is 59.0 Å². The number of aromatic nitrogens is 3. The molecule has 4 aromatic rings.